The first-order valence-corrected chi connectivity index (χ1v) is 6.25. The molecule has 1 aromatic carbocycles. The van der Waals surface area contributed by atoms with Gasteiger partial charge in [0.2, 0.25) is 0 Å². The van der Waals surface area contributed by atoms with Gasteiger partial charge in [-0.25, -0.2) is 0 Å². The molecule has 0 saturated heterocycles. The van der Waals surface area contributed by atoms with Crippen LogP contribution in [-0.2, 0) is 14.3 Å². The summed E-state index contributed by atoms with van der Waals surface area (Å²) in [7, 11) is 2.98. The quantitative estimate of drug-likeness (QED) is 0.616. The van der Waals surface area contributed by atoms with Gasteiger partial charge in [-0.2, -0.15) is 0 Å². The number of benzene rings is 1. The van der Waals surface area contributed by atoms with E-state index in [-0.39, 0.29) is 24.1 Å². The second-order valence-corrected chi connectivity index (χ2v) is 4.42. The van der Waals surface area contributed by atoms with Crippen molar-refractivity contribution < 1.29 is 19.0 Å². The smallest absolute Gasteiger partial charge is 0.311 e. The topological polar surface area (TPSA) is 44.8 Å². The van der Waals surface area contributed by atoms with E-state index in [2.05, 4.69) is 0 Å². The monoisotopic (exact) mass is 262 g/mol. The standard InChI is InChI=1S/C15H18O4/c1-17-14-9-8-12(10-13(14)15(16)18-2)19-11-6-4-3-5-7-11/h3-9,12-14H,10H2,1-2H3/t12-,13-,14+/m0/s1. The zero-order valence-electron chi connectivity index (χ0n) is 11.1. The molecule has 0 fully saturated rings. The largest absolute Gasteiger partial charge is 0.486 e. The Morgan fingerprint density at radius 2 is 1.89 bits per heavy atom. The Morgan fingerprint density at radius 3 is 2.53 bits per heavy atom. The number of ether oxygens (including phenoxy) is 3. The molecule has 19 heavy (non-hydrogen) atoms. The lowest BCUT2D eigenvalue weighted by Crippen LogP contribution is -2.37. The molecule has 2 rings (SSSR count). The maximum atomic E-state index is 11.7. The number of hydrogen-bond acceptors (Lipinski definition) is 4. The third-order valence-corrected chi connectivity index (χ3v) is 3.21. The van der Waals surface area contributed by atoms with Crippen LogP contribution in [0.25, 0.3) is 0 Å². The Kier molecular flexibility index (Phi) is 4.58. The van der Waals surface area contributed by atoms with Gasteiger partial charge in [0.15, 0.2) is 0 Å². The minimum atomic E-state index is -0.325. The first-order chi connectivity index (χ1) is 9.24. The molecule has 0 aromatic heterocycles. The van der Waals surface area contributed by atoms with E-state index in [0.29, 0.717) is 6.42 Å². The first-order valence-electron chi connectivity index (χ1n) is 6.25. The Labute approximate surface area is 113 Å². The average molecular weight is 262 g/mol. The van der Waals surface area contributed by atoms with Gasteiger partial charge in [0.05, 0.1) is 19.1 Å². The highest BCUT2D eigenvalue weighted by Gasteiger charge is 2.33. The molecule has 1 aliphatic rings. The van der Waals surface area contributed by atoms with E-state index in [1.165, 1.54) is 7.11 Å². The van der Waals surface area contributed by atoms with Crippen molar-refractivity contribution in [3.05, 3.63) is 42.5 Å². The van der Waals surface area contributed by atoms with Gasteiger partial charge in [0.25, 0.3) is 0 Å². The highest BCUT2D eigenvalue weighted by molar-refractivity contribution is 5.73. The molecule has 4 nitrogen and oxygen atoms in total. The maximum Gasteiger partial charge on any atom is 0.311 e. The van der Waals surface area contributed by atoms with Crippen molar-refractivity contribution in [2.75, 3.05) is 14.2 Å². The number of para-hydroxylation sites is 1. The molecule has 3 atom stereocenters. The van der Waals surface area contributed by atoms with E-state index in [1.807, 2.05) is 42.5 Å². The molecular formula is C15H18O4. The fourth-order valence-corrected chi connectivity index (χ4v) is 2.22. The van der Waals surface area contributed by atoms with Crippen LogP contribution in [0.2, 0.25) is 0 Å². The molecule has 0 radical (unpaired) electrons. The van der Waals surface area contributed by atoms with Crippen LogP contribution in [-0.4, -0.2) is 32.4 Å². The van der Waals surface area contributed by atoms with Crippen molar-refractivity contribution in [2.45, 2.75) is 18.6 Å². The van der Waals surface area contributed by atoms with Crippen LogP contribution in [0.1, 0.15) is 6.42 Å². The van der Waals surface area contributed by atoms with Crippen LogP contribution in [0.3, 0.4) is 0 Å². The summed E-state index contributed by atoms with van der Waals surface area (Å²) in [5.74, 6) is 0.197. The minimum Gasteiger partial charge on any atom is -0.486 e. The molecular weight excluding hydrogens is 244 g/mol. The van der Waals surface area contributed by atoms with E-state index in [0.717, 1.165) is 5.75 Å². The maximum absolute atomic E-state index is 11.7. The Hall–Kier alpha value is -1.81. The number of esters is 1. The lowest BCUT2D eigenvalue weighted by atomic mass is 9.90. The summed E-state index contributed by atoms with van der Waals surface area (Å²) >= 11 is 0. The van der Waals surface area contributed by atoms with Gasteiger partial charge >= 0.3 is 5.97 Å². The molecule has 0 unspecified atom stereocenters. The number of carbonyl (C=O) groups is 1. The summed E-state index contributed by atoms with van der Waals surface area (Å²) in [4.78, 5) is 11.7. The van der Waals surface area contributed by atoms with Gasteiger partial charge in [0.1, 0.15) is 11.9 Å². The van der Waals surface area contributed by atoms with E-state index in [1.54, 1.807) is 7.11 Å². The first kappa shape index (κ1) is 13.6. The molecule has 4 heteroatoms. The fourth-order valence-electron chi connectivity index (χ4n) is 2.22. The summed E-state index contributed by atoms with van der Waals surface area (Å²) in [6.45, 7) is 0. The average Bonchev–Trinajstić information content (AvgIpc) is 2.47. The van der Waals surface area contributed by atoms with Crippen LogP contribution in [0.4, 0.5) is 0 Å². The van der Waals surface area contributed by atoms with Crippen LogP contribution in [0.5, 0.6) is 5.75 Å². The Bertz CT molecular complexity index is 441. The SMILES string of the molecule is COC(=O)[C@H]1C[C@@H](Oc2ccccc2)C=C[C@H]1OC. The second kappa shape index (κ2) is 6.38. The highest BCUT2D eigenvalue weighted by Crippen LogP contribution is 2.26. The van der Waals surface area contributed by atoms with Gasteiger partial charge in [-0.05, 0) is 18.2 Å². The highest BCUT2D eigenvalue weighted by atomic mass is 16.5. The zero-order chi connectivity index (χ0) is 13.7. The number of rotatable bonds is 4. The van der Waals surface area contributed by atoms with Gasteiger partial charge in [-0.15, -0.1) is 0 Å². The van der Waals surface area contributed by atoms with Crippen molar-refractivity contribution in [3.63, 3.8) is 0 Å². The predicted octanol–water partition coefficient (Wildman–Crippen LogP) is 2.20. The molecule has 102 valence electrons. The minimum absolute atomic E-state index is 0.141. The molecule has 0 spiro atoms. The Morgan fingerprint density at radius 1 is 1.16 bits per heavy atom. The Balaban J connectivity index is 2.06. The number of methoxy groups -OCH3 is 2. The van der Waals surface area contributed by atoms with Crippen LogP contribution in [0, 0.1) is 5.92 Å². The van der Waals surface area contributed by atoms with E-state index < -0.39 is 0 Å². The lowest BCUT2D eigenvalue weighted by Gasteiger charge is -2.29. The van der Waals surface area contributed by atoms with Crippen LogP contribution < -0.4 is 4.74 Å². The summed E-state index contributed by atoms with van der Waals surface area (Å²) in [6.07, 6.45) is 3.96. The summed E-state index contributed by atoms with van der Waals surface area (Å²) in [6, 6.07) is 9.55. The van der Waals surface area contributed by atoms with Gasteiger partial charge in [0, 0.05) is 13.5 Å². The second-order valence-electron chi connectivity index (χ2n) is 4.42. The van der Waals surface area contributed by atoms with Crippen molar-refractivity contribution in [3.8, 4) is 5.75 Å². The molecule has 1 aromatic rings. The molecule has 0 bridgehead atoms. The summed E-state index contributed by atoms with van der Waals surface area (Å²) < 4.78 is 15.9. The summed E-state index contributed by atoms with van der Waals surface area (Å²) in [5.41, 5.74) is 0. The molecule has 0 saturated carbocycles. The molecule has 0 amide bonds. The van der Waals surface area contributed by atoms with E-state index in [4.69, 9.17) is 14.2 Å². The molecule has 0 N–H and O–H groups in total. The van der Waals surface area contributed by atoms with Crippen molar-refractivity contribution in [1.29, 1.82) is 0 Å². The number of hydrogen-bond donors (Lipinski definition) is 0. The van der Waals surface area contributed by atoms with Gasteiger partial charge in [-0.1, -0.05) is 24.3 Å². The van der Waals surface area contributed by atoms with Gasteiger partial charge in [-0.3, -0.25) is 4.79 Å². The van der Waals surface area contributed by atoms with Crippen molar-refractivity contribution >= 4 is 5.97 Å². The van der Waals surface area contributed by atoms with E-state index >= 15 is 0 Å². The van der Waals surface area contributed by atoms with Crippen LogP contribution in [0.15, 0.2) is 42.5 Å². The molecule has 0 heterocycles. The number of carbonyl (C=O) groups excluding carboxylic acids is 1. The van der Waals surface area contributed by atoms with Crippen molar-refractivity contribution in [1.82, 2.24) is 0 Å². The summed E-state index contributed by atoms with van der Waals surface area (Å²) in [5, 5.41) is 0. The third-order valence-electron chi connectivity index (χ3n) is 3.21. The third kappa shape index (κ3) is 3.35. The van der Waals surface area contributed by atoms with Gasteiger partial charge < -0.3 is 14.2 Å². The fraction of sp³-hybridized carbons (Fsp3) is 0.400. The predicted molar refractivity (Wildman–Crippen MR) is 70.9 cm³/mol. The van der Waals surface area contributed by atoms with Crippen molar-refractivity contribution in [2.24, 2.45) is 5.92 Å². The zero-order valence-corrected chi connectivity index (χ0v) is 11.1. The van der Waals surface area contributed by atoms with E-state index in [9.17, 15) is 4.79 Å². The normalized spacial score (nSPS) is 25.9. The molecule has 0 aliphatic heterocycles. The molecule has 1 aliphatic carbocycles. The lowest BCUT2D eigenvalue weighted by molar-refractivity contribution is -0.150. The van der Waals surface area contributed by atoms with Crippen LogP contribution >= 0.6 is 0 Å².